The van der Waals surface area contributed by atoms with Gasteiger partial charge in [-0.25, -0.2) is 0 Å². The summed E-state index contributed by atoms with van der Waals surface area (Å²) in [6.07, 6.45) is 0. The number of nitrogens with one attached hydrogen (secondary N) is 1. The molecule has 1 aromatic carbocycles. The van der Waals surface area contributed by atoms with Crippen molar-refractivity contribution in [3.8, 4) is 0 Å². The molecule has 0 saturated carbocycles. The van der Waals surface area contributed by atoms with E-state index in [1.807, 2.05) is 13.8 Å². The number of carbonyl (C=O) groups is 1. The number of hydrogen-bond donors (Lipinski definition) is 1. The quantitative estimate of drug-likeness (QED) is 0.851. The second-order valence-electron chi connectivity index (χ2n) is 3.45. The minimum Gasteiger partial charge on any atom is -0.351 e. The molecule has 0 fully saturated rings. The highest BCUT2D eigenvalue weighted by Crippen LogP contribution is 2.15. The zero-order valence-electron chi connectivity index (χ0n) is 8.68. The van der Waals surface area contributed by atoms with Crippen molar-refractivity contribution in [3.63, 3.8) is 0 Å². The van der Waals surface area contributed by atoms with Gasteiger partial charge in [-0.1, -0.05) is 34.5 Å². The maximum absolute atomic E-state index is 11.7. The Hall–Kier alpha value is -0.540. The molecule has 0 aliphatic heterocycles. The van der Waals surface area contributed by atoms with Crippen molar-refractivity contribution < 1.29 is 4.79 Å². The molecule has 1 atom stereocenters. The monoisotopic (exact) mass is 289 g/mol. The Balaban J connectivity index is 2.74. The maximum Gasteiger partial charge on any atom is 0.251 e. The summed E-state index contributed by atoms with van der Waals surface area (Å²) in [5.41, 5.74) is 1.56. The van der Waals surface area contributed by atoms with E-state index < -0.39 is 0 Å². The fourth-order valence-corrected chi connectivity index (χ4v) is 1.60. The van der Waals surface area contributed by atoms with Crippen LogP contribution in [-0.2, 0) is 0 Å². The third kappa shape index (κ3) is 3.84. The Morgan fingerprint density at radius 3 is 2.80 bits per heavy atom. The summed E-state index contributed by atoms with van der Waals surface area (Å²) in [4.78, 5) is 12.0. The Bertz CT molecular complexity index is 366. The first-order valence-electron chi connectivity index (χ1n) is 4.69. The van der Waals surface area contributed by atoms with Crippen LogP contribution in [0.1, 0.15) is 22.8 Å². The van der Waals surface area contributed by atoms with Gasteiger partial charge in [0, 0.05) is 22.0 Å². The van der Waals surface area contributed by atoms with Gasteiger partial charge in [0.1, 0.15) is 0 Å². The number of aryl methyl sites for hydroxylation is 1. The molecule has 1 unspecified atom stereocenters. The number of rotatable bonds is 3. The van der Waals surface area contributed by atoms with E-state index in [1.54, 1.807) is 18.2 Å². The first-order chi connectivity index (χ1) is 7.00. The number of halogens is 2. The third-order valence-electron chi connectivity index (χ3n) is 1.98. The van der Waals surface area contributed by atoms with Gasteiger partial charge in [0.05, 0.1) is 0 Å². The fourth-order valence-electron chi connectivity index (χ4n) is 1.21. The SMILES string of the molecule is Cc1cc(Cl)ccc1C(=O)NCC(C)Br. The van der Waals surface area contributed by atoms with Crippen LogP contribution < -0.4 is 5.32 Å². The normalized spacial score (nSPS) is 12.3. The standard InChI is InChI=1S/C11H13BrClNO/c1-7-5-9(13)3-4-10(7)11(15)14-6-8(2)12/h3-5,8H,6H2,1-2H3,(H,14,15). The molecule has 1 rings (SSSR count). The summed E-state index contributed by atoms with van der Waals surface area (Å²) < 4.78 is 0. The molecule has 1 amide bonds. The van der Waals surface area contributed by atoms with Gasteiger partial charge in [-0.15, -0.1) is 0 Å². The highest BCUT2D eigenvalue weighted by Gasteiger charge is 2.09. The van der Waals surface area contributed by atoms with Crippen LogP contribution in [0.4, 0.5) is 0 Å². The highest BCUT2D eigenvalue weighted by molar-refractivity contribution is 9.09. The van der Waals surface area contributed by atoms with Gasteiger partial charge in [0.2, 0.25) is 0 Å². The molecule has 0 aliphatic carbocycles. The summed E-state index contributed by atoms with van der Waals surface area (Å²) in [7, 11) is 0. The van der Waals surface area contributed by atoms with Gasteiger partial charge in [-0.05, 0) is 30.7 Å². The van der Waals surface area contributed by atoms with E-state index >= 15 is 0 Å². The fraction of sp³-hybridized carbons (Fsp3) is 0.364. The minimum absolute atomic E-state index is 0.0598. The van der Waals surface area contributed by atoms with Gasteiger partial charge >= 0.3 is 0 Å². The number of amides is 1. The summed E-state index contributed by atoms with van der Waals surface area (Å²) in [5.74, 6) is -0.0598. The second kappa shape index (κ2) is 5.52. The smallest absolute Gasteiger partial charge is 0.251 e. The van der Waals surface area contributed by atoms with Crippen LogP contribution in [0.15, 0.2) is 18.2 Å². The molecule has 1 N–H and O–H groups in total. The van der Waals surface area contributed by atoms with E-state index in [2.05, 4.69) is 21.2 Å². The van der Waals surface area contributed by atoms with Gasteiger partial charge in [-0.3, -0.25) is 4.79 Å². The topological polar surface area (TPSA) is 29.1 Å². The van der Waals surface area contributed by atoms with E-state index in [4.69, 9.17) is 11.6 Å². The van der Waals surface area contributed by atoms with Crippen molar-refractivity contribution in [1.82, 2.24) is 5.32 Å². The Kier molecular flexibility index (Phi) is 4.61. The van der Waals surface area contributed by atoms with Crippen LogP contribution in [0.3, 0.4) is 0 Å². The molecular weight excluding hydrogens is 277 g/mol. The average Bonchev–Trinajstić information content (AvgIpc) is 2.14. The predicted octanol–water partition coefficient (Wildman–Crippen LogP) is 3.16. The van der Waals surface area contributed by atoms with Crippen LogP contribution in [0.5, 0.6) is 0 Å². The first-order valence-corrected chi connectivity index (χ1v) is 5.98. The Morgan fingerprint density at radius 1 is 1.60 bits per heavy atom. The molecular formula is C11H13BrClNO. The van der Waals surface area contributed by atoms with E-state index in [9.17, 15) is 4.79 Å². The lowest BCUT2D eigenvalue weighted by Gasteiger charge is -2.08. The lowest BCUT2D eigenvalue weighted by atomic mass is 10.1. The first kappa shape index (κ1) is 12.5. The average molecular weight is 291 g/mol. The lowest BCUT2D eigenvalue weighted by molar-refractivity contribution is 0.0953. The summed E-state index contributed by atoms with van der Waals surface area (Å²) >= 11 is 9.18. The molecule has 0 radical (unpaired) electrons. The number of hydrogen-bond acceptors (Lipinski definition) is 1. The van der Waals surface area contributed by atoms with E-state index in [-0.39, 0.29) is 10.7 Å². The number of carbonyl (C=O) groups excluding carboxylic acids is 1. The molecule has 0 saturated heterocycles. The van der Waals surface area contributed by atoms with Gasteiger partial charge < -0.3 is 5.32 Å². The maximum atomic E-state index is 11.7. The zero-order valence-corrected chi connectivity index (χ0v) is 11.0. The second-order valence-corrected chi connectivity index (χ2v) is 5.45. The molecule has 0 aromatic heterocycles. The predicted molar refractivity (Wildman–Crippen MR) is 66.9 cm³/mol. The molecule has 0 heterocycles. The van der Waals surface area contributed by atoms with Crippen LogP contribution in [0.2, 0.25) is 5.02 Å². The van der Waals surface area contributed by atoms with E-state index in [0.717, 1.165) is 5.56 Å². The van der Waals surface area contributed by atoms with Crippen LogP contribution >= 0.6 is 27.5 Å². The summed E-state index contributed by atoms with van der Waals surface area (Å²) in [5, 5.41) is 3.48. The van der Waals surface area contributed by atoms with Crippen LogP contribution in [0, 0.1) is 6.92 Å². The van der Waals surface area contributed by atoms with Crippen LogP contribution in [-0.4, -0.2) is 17.3 Å². The number of benzene rings is 1. The zero-order chi connectivity index (χ0) is 11.4. The lowest BCUT2D eigenvalue weighted by Crippen LogP contribution is -2.28. The molecule has 82 valence electrons. The highest BCUT2D eigenvalue weighted by atomic mass is 79.9. The molecule has 2 nitrogen and oxygen atoms in total. The number of alkyl halides is 1. The Labute approximate surface area is 103 Å². The summed E-state index contributed by atoms with van der Waals surface area (Å²) in [6.45, 7) is 4.47. The van der Waals surface area contributed by atoms with Crippen molar-refractivity contribution >= 4 is 33.4 Å². The molecule has 0 bridgehead atoms. The van der Waals surface area contributed by atoms with Crippen molar-refractivity contribution in [2.45, 2.75) is 18.7 Å². The molecule has 0 spiro atoms. The molecule has 0 aliphatic rings. The van der Waals surface area contributed by atoms with E-state index in [0.29, 0.717) is 17.1 Å². The molecule has 15 heavy (non-hydrogen) atoms. The van der Waals surface area contributed by atoms with Crippen molar-refractivity contribution in [2.24, 2.45) is 0 Å². The van der Waals surface area contributed by atoms with Crippen LogP contribution in [0.25, 0.3) is 0 Å². The molecule has 1 aromatic rings. The van der Waals surface area contributed by atoms with E-state index in [1.165, 1.54) is 0 Å². The molecule has 4 heteroatoms. The van der Waals surface area contributed by atoms with Gasteiger partial charge in [-0.2, -0.15) is 0 Å². The van der Waals surface area contributed by atoms with Gasteiger partial charge in [0.25, 0.3) is 5.91 Å². The third-order valence-corrected chi connectivity index (χ3v) is 2.54. The van der Waals surface area contributed by atoms with Crippen molar-refractivity contribution in [1.29, 1.82) is 0 Å². The summed E-state index contributed by atoms with van der Waals surface area (Å²) in [6, 6.07) is 5.25. The van der Waals surface area contributed by atoms with Crippen molar-refractivity contribution in [2.75, 3.05) is 6.54 Å². The minimum atomic E-state index is -0.0598. The largest absolute Gasteiger partial charge is 0.351 e. The van der Waals surface area contributed by atoms with Crippen molar-refractivity contribution in [3.05, 3.63) is 34.3 Å². The van der Waals surface area contributed by atoms with Gasteiger partial charge in [0.15, 0.2) is 0 Å². The Morgan fingerprint density at radius 2 is 2.27 bits per heavy atom.